The molecular formula is C20H18N4O3S. The van der Waals surface area contributed by atoms with E-state index in [0.717, 1.165) is 5.56 Å². The Kier molecular flexibility index (Phi) is 6.59. The molecular weight excluding hydrogens is 376 g/mol. The molecule has 28 heavy (non-hydrogen) atoms. The van der Waals surface area contributed by atoms with Crippen LogP contribution in [0, 0.1) is 0 Å². The van der Waals surface area contributed by atoms with Crippen LogP contribution in [-0.4, -0.2) is 28.9 Å². The van der Waals surface area contributed by atoms with Crippen molar-refractivity contribution in [3.63, 3.8) is 0 Å². The first-order valence-electron chi connectivity index (χ1n) is 8.39. The summed E-state index contributed by atoms with van der Waals surface area (Å²) in [6.45, 7) is 0. The van der Waals surface area contributed by atoms with Gasteiger partial charge in [0.25, 0.3) is 11.8 Å². The molecule has 0 unspecified atom stereocenters. The zero-order valence-corrected chi connectivity index (χ0v) is 15.9. The van der Waals surface area contributed by atoms with Crippen molar-refractivity contribution in [1.82, 2.24) is 20.8 Å². The summed E-state index contributed by atoms with van der Waals surface area (Å²) in [6.07, 6.45) is 3.39. The lowest BCUT2D eigenvalue weighted by molar-refractivity contribution is 0.0846. The number of nitrogens with zero attached hydrogens (tertiary/aromatic N) is 2. The number of carbonyl (C=O) groups excluding carboxylic acids is 2. The Morgan fingerprint density at radius 3 is 1.96 bits per heavy atom. The van der Waals surface area contributed by atoms with E-state index in [4.69, 9.17) is 4.74 Å². The number of carbonyl (C=O) groups is 2. The van der Waals surface area contributed by atoms with Gasteiger partial charge in [0.1, 0.15) is 5.75 Å². The van der Waals surface area contributed by atoms with Gasteiger partial charge >= 0.3 is 0 Å². The fraction of sp³-hybridized carbons (Fsp3) is 0.100. The van der Waals surface area contributed by atoms with Gasteiger partial charge < -0.3 is 4.74 Å². The Balaban J connectivity index is 1.50. The van der Waals surface area contributed by atoms with Crippen molar-refractivity contribution in [3.8, 4) is 5.75 Å². The second-order valence-corrected chi connectivity index (χ2v) is 6.60. The summed E-state index contributed by atoms with van der Waals surface area (Å²) in [5.41, 5.74) is 6.70. The molecule has 142 valence electrons. The molecule has 0 bridgehead atoms. The van der Waals surface area contributed by atoms with Crippen molar-refractivity contribution in [2.75, 3.05) is 7.11 Å². The predicted octanol–water partition coefficient (Wildman–Crippen LogP) is 2.85. The van der Waals surface area contributed by atoms with E-state index < -0.39 is 11.8 Å². The molecule has 7 nitrogen and oxygen atoms in total. The van der Waals surface area contributed by atoms with Gasteiger partial charge in [-0.3, -0.25) is 20.4 Å². The van der Waals surface area contributed by atoms with E-state index in [1.165, 1.54) is 11.8 Å². The fourth-order valence-corrected chi connectivity index (χ4v) is 3.02. The molecule has 2 aromatic carbocycles. The molecule has 0 spiro atoms. The third kappa shape index (κ3) is 5.31. The molecule has 0 radical (unpaired) electrons. The second kappa shape index (κ2) is 9.52. The highest BCUT2D eigenvalue weighted by Gasteiger charge is 2.09. The highest BCUT2D eigenvalue weighted by atomic mass is 32.2. The zero-order valence-electron chi connectivity index (χ0n) is 15.1. The van der Waals surface area contributed by atoms with Gasteiger partial charge in [-0.1, -0.05) is 23.9 Å². The minimum atomic E-state index is -0.410. The van der Waals surface area contributed by atoms with Crippen LogP contribution in [0.2, 0.25) is 0 Å². The second-order valence-electron chi connectivity index (χ2n) is 5.65. The lowest BCUT2D eigenvalue weighted by atomic mass is 10.1. The van der Waals surface area contributed by atoms with Crippen molar-refractivity contribution in [2.24, 2.45) is 0 Å². The molecule has 0 atom stereocenters. The number of aromatic nitrogens is 2. The molecule has 0 aliphatic rings. The Labute approximate surface area is 166 Å². The van der Waals surface area contributed by atoms with Gasteiger partial charge in [-0.05, 0) is 48.0 Å². The maximum Gasteiger partial charge on any atom is 0.269 e. The predicted molar refractivity (Wildman–Crippen MR) is 106 cm³/mol. The summed E-state index contributed by atoms with van der Waals surface area (Å²) in [7, 11) is 1.55. The summed E-state index contributed by atoms with van der Waals surface area (Å²) in [5.74, 6) is 0.539. The van der Waals surface area contributed by atoms with E-state index in [2.05, 4.69) is 20.8 Å². The number of amides is 2. The molecule has 0 aliphatic heterocycles. The molecule has 2 N–H and O–H groups in total. The van der Waals surface area contributed by atoms with Crippen molar-refractivity contribution < 1.29 is 14.3 Å². The van der Waals surface area contributed by atoms with Gasteiger partial charge in [0.05, 0.1) is 7.11 Å². The Hall–Kier alpha value is -3.39. The number of methoxy groups -OCH3 is 1. The minimum Gasteiger partial charge on any atom is -0.497 e. The zero-order chi connectivity index (χ0) is 19.8. The van der Waals surface area contributed by atoms with Crippen LogP contribution in [0.5, 0.6) is 5.75 Å². The summed E-state index contributed by atoms with van der Waals surface area (Å²) < 4.78 is 5.05. The first kappa shape index (κ1) is 19.4. The number of hydrazine groups is 1. The molecule has 1 aromatic heterocycles. The van der Waals surface area contributed by atoms with Crippen LogP contribution in [0.4, 0.5) is 0 Å². The maximum atomic E-state index is 12.2. The van der Waals surface area contributed by atoms with Gasteiger partial charge in [-0.15, -0.1) is 0 Å². The number of nitrogens with one attached hydrogen (secondary N) is 2. The summed E-state index contributed by atoms with van der Waals surface area (Å²) in [4.78, 5) is 32.6. The molecule has 3 rings (SSSR count). The quantitative estimate of drug-likeness (QED) is 0.379. The van der Waals surface area contributed by atoms with Crippen LogP contribution >= 0.6 is 11.8 Å². The molecule has 8 heteroatoms. The highest BCUT2D eigenvalue weighted by Crippen LogP contribution is 2.18. The fourth-order valence-electron chi connectivity index (χ4n) is 2.26. The van der Waals surface area contributed by atoms with E-state index in [1.807, 2.05) is 12.1 Å². The Morgan fingerprint density at radius 1 is 0.893 bits per heavy atom. The van der Waals surface area contributed by atoms with Crippen LogP contribution in [-0.2, 0) is 5.75 Å². The van der Waals surface area contributed by atoms with Gasteiger partial charge in [0.15, 0.2) is 5.16 Å². The third-order valence-corrected chi connectivity index (χ3v) is 4.71. The van der Waals surface area contributed by atoms with Crippen molar-refractivity contribution in [3.05, 3.63) is 83.7 Å². The van der Waals surface area contributed by atoms with Crippen molar-refractivity contribution in [1.29, 1.82) is 0 Å². The maximum absolute atomic E-state index is 12.2. The monoisotopic (exact) mass is 394 g/mol. The standard InChI is InChI=1S/C20H18N4O3S/c1-27-17-9-7-16(8-10-17)19(26)24-23-18(25)15-5-3-14(4-6-15)13-28-20-21-11-2-12-22-20/h2-12H,13H2,1H3,(H,23,25)(H,24,26). The number of hydrogen-bond donors (Lipinski definition) is 2. The average molecular weight is 394 g/mol. The average Bonchev–Trinajstić information content (AvgIpc) is 2.77. The number of rotatable bonds is 6. The highest BCUT2D eigenvalue weighted by molar-refractivity contribution is 7.98. The Morgan fingerprint density at radius 2 is 1.43 bits per heavy atom. The summed E-state index contributed by atoms with van der Waals surface area (Å²) in [5, 5.41) is 0.700. The number of hydrogen-bond acceptors (Lipinski definition) is 6. The van der Waals surface area contributed by atoms with Crippen LogP contribution in [0.3, 0.4) is 0 Å². The Bertz CT molecular complexity index is 932. The third-order valence-electron chi connectivity index (χ3n) is 3.77. The summed E-state index contributed by atoms with van der Waals surface area (Å²) in [6, 6.07) is 15.5. The number of ether oxygens (including phenoxy) is 1. The van der Waals surface area contributed by atoms with E-state index in [0.29, 0.717) is 27.8 Å². The molecule has 2 amide bonds. The molecule has 0 fully saturated rings. The van der Waals surface area contributed by atoms with E-state index in [-0.39, 0.29) is 0 Å². The largest absolute Gasteiger partial charge is 0.497 e. The molecule has 1 heterocycles. The van der Waals surface area contributed by atoms with Crippen molar-refractivity contribution >= 4 is 23.6 Å². The smallest absolute Gasteiger partial charge is 0.269 e. The van der Waals surface area contributed by atoms with Crippen LogP contribution < -0.4 is 15.6 Å². The van der Waals surface area contributed by atoms with Gasteiger partial charge in [-0.25, -0.2) is 9.97 Å². The molecule has 0 aliphatic carbocycles. The lowest BCUT2D eigenvalue weighted by Gasteiger charge is -2.08. The minimum absolute atomic E-state index is 0.396. The van der Waals surface area contributed by atoms with Gasteiger partial charge in [0, 0.05) is 29.3 Å². The molecule has 0 saturated carbocycles. The summed E-state index contributed by atoms with van der Waals surface area (Å²) >= 11 is 1.51. The molecule has 3 aromatic rings. The normalized spacial score (nSPS) is 10.2. The molecule has 0 saturated heterocycles. The lowest BCUT2D eigenvalue weighted by Crippen LogP contribution is -2.41. The van der Waals surface area contributed by atoms with E-state index >= 15 is 0 Å². The first-order valence-corrected chi connectivity index (χ1v) is 9.38. The first-order chi connectivity index (χ1) is 13.7. The van der Waals surface area contributed by atoms with Crippen molar-refractivity contribution in [2.45, 2.75) is 10.9 Å². The SMILES string of the molecule is COc1ccc(C(=O)NNC(=O)c2ccc(CSc3ncccn3)cc2)cc1. The van der Waals surface area contributed by atoms with Gasteiger partial charge in [-0.2, -0.15) is 0 Å². The van der Waals surface area contributed by atoms with Crippen LogP contribution in [0.25, 0.3) is 0 Å². The number of thioether (sulfide) groups is 1. The van der Waals surface area contributed by atoms with E-state index in [9.17, 15) is 9.59 Å². The number of benzene rings is 2. The van der Waals surface area contributed by atoms with E-state index in [1.54, 1.807) is 62.0 Å². The van der Waals surface area contributed by atoms with Crippen LogP contribution in [0.1, 0.15) is 26.3 Å². The van der Waals surface area contributed by atoms with Gasteiger partial charge in [0.2, 0.25) is 0 Å². The van der Waals surface area contributed by atoms with Crippen LogP contribution in [0.15, 0.2) is 72.1 Å². The topological polar surface area (TPSA) is 93.2 Å².